The first kappa shape index (κ1) is 16.4. The number of β-amino-alcohol motifs (C(OH)–C–C–N with tert-alkyl or cyclic N) is 1. The molecule has 1 fully saturated rings. The number of aliphatic hydroxyl groups is 4. The number of hydrogen-bond acceptors (Lipinski definition) is 5. The van der Waals surface area contributed by atoms with Crippen molar-refractivity contribution in [2.45, 2.75) is 30.9 Å². The number of nitrogens with zero attached hydrogens (tertiary/aromatic N) is 1. The first-order valence-electron chi connectivity index (χ1n) is 6.06. The summed E-state index contributed by atoms with van der Waals surface area (Å²) in [4.78, 5) is 1.80. The lowest BCUT2D eigenvalue weighted by atomic mass is 10.0. The maximum Gasteiger partial charge on any atom is 0.0992 e. The molecule has 1 aliphatic rings. The second-order valence-corrected chi connectivity index (χ2v) is 4.71. The van der Waals surface area contributed by atoms with Crippen molar-refractivity contribution in [1.29, 1.82) is 0 Å². The molecule has 1 aliphatic heterocycles. The molecule has 2 rings (SSSR count). The molecule has 108 valence electrons. The van der Waals surface area contributed by atoms with Crippen molar-refractivity contribution in [2.75, 3.05) is 13.2 Å². The number of hydrogen-bond donors (Lipinski definition) is 4. The summed E-state index contributed by atoms with van der Waals surface area (Å²) >= 11 is 0. The van der Waals surface area contributed by atoms with Gasteiger partial charge in [0.1, 0.15) is 0 Å². The van der Waals surface area contributed by atoms with Gasteiger partial charge >= 0.3 is 0 Å². The third kappa shape index (κ3) is 3.66. The number of likely N-dealkylation sites (tertiary alicyclic amines) is 1. The SMILES string of the molecule is Cl.OC[C@@H](O)[C@H]1[C@H](O)[C@H](O)CN1Cc1ccccc1. The van der Waals surface area contributed by atoms with Gasteiger partial charge in [0.2, 0.25) is 0 Å². The van der Waals surface area contributed by atoms with Gasteiger partial charge in [0.05, 0.1) is 31.0 Å². The van der Waals surface area contributed by atoms with Gasteiger partial charge in [0.25, 0.3) is 0 Å². The summed E-state index contributed by atoms with van der Waals surface area (Å²) in [5, 5.41) is 38.3. The lowest BCUT2D eigenvalue weighted by molar-refractivity contribution is -0.0317. The molecule has 0 spiro atoms. The summed E-state index contributed by atoms with van der Waals surface area (Å²) in [6, 6.07) is 8.99. The topological polar surface area (TPSA) is 84.2 Å². The smallest absolute Gasteiger partial charge is 0.0992 e. The highest BCUT2D eigenvalue weighted by Crippen LogP contribution is 2.23. The molecule has 6 heteroatoms. The molecule has 1 heterocycles. The minimum atomic E-state index is -1.05. The van der Waals surface area contributed by atoms with E-state index in [1.807, 2.05) is 30.3 Å². The summed E-state index contributed by atoms with van der Waals surface area (Å²) in [6.45, 7) is 0.383. The molecule has 1 saturated heterocycles. The fourth-order valence-electron chi connectivity index (χ4n) is 2.48. The van der Waals surface area contributed by atoms with Gasteiger partial charge in [0, 0.05) is 13.1 Å². The van der Waals surface area contributed by atoms with Gasteiger partial charge in [-0.05, 0) is 5.56 Å². The van der Waals surface area contributed by atoms with Crippen LogP contribution in [0.1, 0.15) is 5.56 Å². The Kier molecular flexibility index (Phi) is 6.19. The van der Waals surface area contributed by atoms with E-state index in [1.165, 1.54) is 0 Å². The maximum absolute atomic E-state index is 9.84. The minimum Gasteiger partial charge on any atom is -0.394 e. The zero-order valence-corrected chi connectivity index (χ0v) is 11.3. The van der Waals surface area contributed by atoms with E-state index in [4.69, 9.17) is 5.11 Å². The summed E-state index contributed by atoms with van der Waals surface area (Å²) in [7, 11) is 0. The standard InChI is InChI=1S/C13H19NO4.ClH/c15-8-11(17)12-13(18)10(16)7-14(12)6-9-4-2-1-3-5-9;/h1-5,10-13,15-18H,6-8H2;1H/t10-,11-,12+,13-;/m1./s1. The van der Waals surface area contributed by atoms with E-state index < -0.39 is 31.0 Å². The average molecular weight is 290 g/mol. The molecular formula is C13H20ClNO4. The van der Waals surface area contributed by atoms with Gasteiger partial charge in [-0.15, -0.1) is 12.4 Å². The highest BCUT2D eigenvalue weighted by Gasteiger charge is 2.43. The molecule has 4 atom stereocenters. The van der Waals surface area contributed by atoms with Crippen LogP contribution >= 0.6 is 12.4 Å². The molecule has 0 amide bonds. The molecule has 0 unspecified atom stereocenters. The number of benzene rings is 1. The summed E-state index contributed by atoms with van der Waals surface area (Å²) in [6.07, 6.45) is -2.98. The molecule has 0 saturated carbocycles. The zero-order valence-electron chi connectivity index (χ0n) is 10.5. The summed E-state index contributed by atoms with van der Waals surface area (Å²) in [5.41, 5.74) is 1.04. The van der Waals surface area contributed by atoms with Gasteiger partial charge in [-0.1, -0.05) is 30.3 Å². The first-order chi connectivity index (χ1) is 8.63. The molecule has 0 aliphatic carbocycles. The molecule has 1 aromatic carbocycles. The van der Waals surface area contributed by atoms with E-state index >= 15 is 0 Å². The van der Waals surface area contributed by atoms with Gasteiger partial charge in [0.15, 0.2) is 0 Å². The van der Waals surface area contributed by atoms with Crippen molar-refractivity contribution >= 4 is 12.4 Å². The second-order valence-electron chi connectivity index (χ2n) is 4.71. The van der Waals surface area contributed by atoms with Crippen molar-refractivity contribution in [3.63, 3.8) is 0 Å². The van der Waals surface area contributed by atoms with Crippen LogP contribution in [0.3, 0.4) is 0 Å². The van der Waals surface area contributed by atoms with Crippen LogP contribution in [0.4, 0.5) is 0 Å². The Bertz CT molecular complexity index is 378. The van der Waals surface area contributed by atoms with Crippen molar-refractivity contribution < 1.29 is 20.4 Å². The minimum absolute atomic E-state index is 0. The van der Waals surface area contributed by atoms with E-state index in [0.717, 1.165) is 5.56 Å². The number of aliphatic hydroxyl groups excluding tert-OH is 4. The fourth-order valence-corrected chi connectivity index (χ4v) is 2.48. The Hall–Kier alpha value is -0.690. The van der Waals surface area contributed by atoms with Crippen molar-refractivity contribution in [2.24, 2.45) is 0 Å². The third-order valence-corrected chi connectivity index (χ3v) is 3.40. The van der Waals surface area contributed by atoms with Gasteiger partial charge < -0.3 is 20.4 Å². The molecule has 0 bridgehead atoms. The van der Waals surface area contributed by atoms with E-state index in [0.29, 0.717) is 6.54 Å². The molecule has 0 radical (unpaired) electrons. The largest absolute Gasteiger partial charge is 0.394 e. The molecule has 19 heavy (non-hydrogen) atoms. The summed E-state index contributed by atoms with van der Waals surface area (Å²) in [5.74, 6) is 0. The van der Waals surface area contributed by atoms with Gasteiger partial charge in [-0.25, -0.2) is 0 Å². The Labute approximate surface area is 118 Å². The van der Waals surface area contributed by atoms with E-state index in [2.05, 4.69) is 0 Å². The Morgan fingerprint density at radius 2 is 1.84 bits per heavy atom. The second kappa shape index (κ2) is 7.19. The predicted octanol–water partition coefficient (Wildman–Crippen LogP) is -0.632. The molecule has 1 aromatic rings. The van der Waals surface area contributed by atoms with Crippen LogP contribution in [-0.4, -0.2) is 62.8 Å². The van der Waals surface area contributed by atoms with Gasteiger partial charge in [-0.3, -0.25) is 4.90 Å². The zero-order chi connectivity index (χ0) is 13.1. The Morgan fingerprint density at radius 1 is 1.21 bits per heavy atom. The van der Waals surface area contributed by atoms with Crippen LogP contribution in [0.5, 0.6) is 0 Å². The highest BCUT2D eigenvalue weighted by molar-refractivity contribution is 5.85. The Morgan fingerprint density at radius 3 is 2.42 bits per heavy atom. The molecule has 5 nitrogen and oxygen atoms in total. The fraction of sp³-hybridized carbons (Fsp3) is 0.538. The van der Waals surface area contributed by atoms with Crippen molar-refractivity contribution in [3.8, 4) is 0 Å². The molecule has 4 N–H and O–H groups in total. The number of rotatable bonds is 4. The van der Waals surface area contributed by atoms with Crippen LogP contribution in [0.2, 0.25) is 0 Å². The van der Waals surface area contributed by atoms with Crippen molar-refractivity contribution in [1.82, 2.24) is 4.90 Å². The maximum atomic E-state index is 9.84. The first-order valence-corrected chi connectivity index (χ1v) is 6.06. The third-order valence-electron chi connectivity index (χ3n) is 3.40. The quantitative estimate of drug-likeness (QED) is 0.593. The van der Waals surface area contributed by atoms with Crippen molar-refractivity contribution in [3.05, 3.63) is 35.9 Å². The van der Waals surface area contributed by atoms with Gasteiger partial charge in [-0.2, -0.15) is 0 Å². The predicted molar refractivity (Wildman–Crippen MR) is 73.0 cm³/mol. The molecular weight excluding hydrogens is 270 g/mol. The van der Waals surface area contributed by atoms with E-state index in [9.17, 15) is 15.3 Å². The monoisotopic (exact) mass is 289 g/mol. The summed E-state index contributed by atoms with van der Waals surface area (Å²) < 4.78 is 0. The van der Waals surface area contributed by atoms with Crippen LogP contribution in [0.15, 0.2) is 30.3 Å². The average Bonchev–Trinajstić information content (AvgIpc) is 2.65. The molecule has 0 aromatic heterocycles. The van der Waals surface area contributed by atoms with E-state index in [-0.39, 0.29) is 19.0 Å². The van der Waals surface area contributed by atoms with E-state index in [1.54, 1.807) is 4.90 Å². The van der Waals surface area contributed by atoms with Crippen LogP contribution in [0, 0.1) is 0 Å². The van der Waals surface area contributed by atoms with Crippen LogP contribution in [-0.2, 0) is 6.54 Å². The van der Waals surface area contributed by atoms with Crippen LogP contribution < -0.4 is 0 Å². The van der Waals surface area contributed by atoms with Crippen LogP contribution in [0.25, 0.3) is 0 Å². The highest BCUT2D eigenvalue weighted by atomic mass is 35.5. The Balaban J connectivity index is 0.00000180. The normalized spacial score (nSPS) is 28.9. The lowest BCUT2D eigenvalue weighted by Crippen LogP contribution is -2.46. The number of halogens is 1. The lowest BCUT2D eigenvalue weighted by Gasteiger charge is -2.29.